The van der Waals surface area contributed by atoms with Crippen molar-refractivity contribution < 1.29 is 5.11 Å². The summed E-state index contributed by atoms with van der Waals surface area (Å²) in [6.45, 7) is 2.59. The number of aliphatic hydroxyl groups excluding tert-OH is 1. The Hall–Kier alpha value is -1.41. The van der Waals surface area contributed by atoms with Gasteiger partial charge in [0.15, 0.2) is 0 Å². The molecule has 18 heavy (non-hydrogen) atoms. The van der Waals surface area contributed by atoms with E-state index < -0.39 is 0 Å². The zero-order valence-corrected chi connectivity index (χ0v) is 10.8. The molecule has 0 amide bonds. The van der Waals surface area contributed by atoms with Crippen LogP contribution in [-0.2, 0) is 13.0 Å². The summed E-state index contributed by atoms with van der Waals surface area (Å²) >= 11 is 0. The maximum atomic E-state index is 9.27. The lowest BCUT2D eigenvalue weighted by atomic mass is 9.81. The number of aliphatic hydroxyl groups is 1. The lowest BCUT2D eigenvalue weighted by Crippen LogP contribution is -2.17. The highest BCUT2D eigenvalue weighted by atomic mass is 16.3. The lowest BCUT2D eigenvalue weighted by Gasteiger charge is -2.26. The molecule has 0 aromatic carbocycles. The molecule has 5 nitrogen and oxygen atoms in total. The molecule has 0 radical (unpaired) electrons. The van der Waals surface area contributed by atoms with Crippen molar-refractivity contribution in [1.82, 2.24) is 15.0 Å². The van der Waals surface area contributed by atoms with Gasteiger partial charge in [0.1, 0.15) is 5.69 Å². The first-order valence-electron chi connectivity index (χ1n) is 6.69. The summed E-state index contributed by atoms with van der Waals surface area (Å²) in [4.78, 5) is 0. The van der Waals surface area contributed by atoms with Crippen LogP contribution in [0.3, 0.4) is 0 Å². The molecule has 1 aliphatic carbocycles. The Morgan fingerprint density at radius 2 is 2.33 bits per heavy atom. The maximum Gasteiger partial charge on any atom is 0.100 e. The van der Waals surface area contributed by atoms with Gasteiger partial charge in [0.05, 0.1) is 24.3 Å². The fourth-order valence-corrected chi connectivity index (χ4v) is 2.39. The van der Waals surface area contributed by atoms with E-state index in [2.05, 4.69) is 16.4 Å². The van der Waals surface area contributed by atoms with Crippen molar-refractivity contribution in [3.63, 3.8) is 0 Å². The molecule has 1 atom stereocenters. The smallest absolute Gasteiger partial charge is 0.100 e. The molecule has 1 unspecified atom stereocenters. The molecule has 0 aliphatic heterocycles. The zero-order valence-electron chi connectivity index (χ0n) is 10.8. The fourth-order valence-electron chi connectivity index (χ4n) is 2.39. The molecule has 0 saturated heterocycles. The number of aromatic nitrogens is 3. The van der Waals surface area contributed by atoms with Crippen molar-refractivity contribution in [2.45, 2.75) is 64.0 Å². The summed E-state index contributed by atoms with van der Waals surface area (Å²) in [5.41, 5.74) is 2.01. The summed E-state index contributed by atoms with van der Waals surface area (Å²) in [7, 11) is 0. The minimum atomic E-state index is -0.265. The number of hydrogen-bond acceptors (Lipinski definition) is 4. The van der Waals surface area contributed by atoms with Crippen LogP contribution in [0.15, 0.2) is 0 Å². The average molecular weight is 248 g/mol. The van der Waals surface area contributed by atoms with E-state index in [4.69, 9.17) is 5.26 Å². The van der Waals surface area contributed by atoms with Gasteiger partial charge in [0.25, 0.3) is 0 Å². The van der Waals surface area contributed by atoms with E-state index >= 15 is 0 Å². The largest absolute Gasteiger partial charge is 0.393 e. The Kier molecular flexibility index (Phi) is 4.32. The fraction of sp³-hybridized carbons (Fsp3) is 0.769. The maximum absolute atomic E-state index is 9.27. The molecule has 0 spiro atoms. The molecule has 1 N–H and O–H groups in total. The van der Waals surface area contributed by atoms with Crippen molar-refractivity contribution in [3.05, 3.63) is 11.4 Å². The van der Waals surface area contributed by atoms with E-state index in [1.54, 1.807) is 6.92 Å². The first kappa shape index (κ1) is 13.0. The lowest BCUT2D eigenvalue weighted by molar-refractivity contribution is 0.178. The molecule has 2 rings (SSSR count). The highest BCUT2D eigenvalue weighted by Gasteiger charge is 2.27. The van der Waals surface area contributed by atoms with Crippen LogP contribution >= 0.6 is 0 Å². The van der Waals surface area contributed by atoms with Gasteiger partial charge in [0, 0.05) is 12.5 Å². The average Bonchev–Trinajstić information content (AvgIpc) is 2.61. The van der Waals surface area contributed by atoms with Crippen molar-refractivity contribution in [2.75, 3.05) is 0 Å². The first-order chi connectivity index (χ1) is 8.72. The molecule has 5 heteroatoms. The molecule has 98 valence electrons. The number of rotatable bonds is 6. The van der Waals surface area contributed by atoms with Crippen LogP contribution < -0.4 is 0 Å². The van der Waals surface area contributed by atoms with Crippen LogP contribution in [0.25, 0.3) is 0 Å². The molecule has 0 bridgehead atoms. The van der Waals surface area contributed by atoms with E-state index in [-0.39, 0.29) is 6.10 Å². The second kappa shape index (κ2) is 5.96. The molecular formula is C13H20N4O. The van der Waals surface area contributed by atoms with Gasteiger partial charge in [-0.2, -0.15) is 5.26 Å². The predicted molar refractivity (Wildman–Crippen MR) is 66.8 cm³/mol. The van der Waals surface area contributed by atoms with E-state index in [1.165, 1.54) is 19.3 Å². The standard InChI is InChI=1S/C13H20N4O/c1-10(18)4-3-9-17-13(11-5-2-6-11)12(7-8-14)15-16-17/h10-11,18H,2-7,9H2,1H3. The minimum Gasteiger partial charge on any atom is -0.393 e. The van der Waals surface area contributed by atoms with E-state index in [0.717, 1.165) is 30.8 Å². The van der Waals surface area contributed by atoms with E-state index in [9.17, 15) is 5.11 Å². The number of nitriles is 1. The topological polar surface area (TPSA) is 74.7 Å². The third-order valence-corrected chi connectivity index (χ3v) is 3.58. The summed E-state index contributed by atoms with van der Waals surface area (Å²) in [6.07, 6.45) is 5.38. The van der Waals surface area contributed by atoms with Gasteiger partial charge >= 0.3 is 0 Å². The summed E-state index contributed by atoms with van der Waals surface area (Å²) in [5.74, 6) is 0.537. The molecule has 1 aromatic rings. The highest BCUT2D eigenvalue weighted by molar-refractivity contribution is 5.20. The molecule has 1 aromatic heterocycles. The zero-order chi connectivity index (χ0) is 13.0. The normalized spacial score (nSPS) is 17.2. The van der Waals surface area contributed by atoms with Crippen LogP contribution in [0.2, 0.25) is 0 Å². The Balaban J connectivity index is 2.06. The molecule has 1 aliphatic rings. The second-order valence-electron chi connectivity index (χ2n) is 5.10. The van der Waals surface area contributed by atoms with Gasteiger partial charge < -0.3 is 5.11 Å². The SMILES string of the molecule is CC(O)CCCn1nnc(CC#N)c1C1CCC1. The molecule has 1 saturated carbocycles. The quantitative estimate of drug-likeness (QED) is 0.832. The molecular weight excluding hydrogens is 228 g/mol. The third kappa shape index (κ3) is 2.88. The van der Waals surface area contributed by atoms with Crippen molar-refractivity contribution in [3.8, 4) is 6.07 Å². The van der Waals surface area contributed by atoms with Gasteiger partial charge in [-0.15, -0.1) is 5.10 Å². The van der Waals surface area contributed by atoms with Gasteiger partial charge in [-0.05, 0) is 32.6 Å². The van der Waals surface area contributed by atoms with Gasteiger partial charge in [-0.3, -0.25) is 0 Å². The Bertz CT molecular complexity index is 429. The monoisotopic (exact) mass is 248 g/mol. The number of aryl methyl sites for hydroxylation is 1. The Morgan fingerprint density at radius 3 is 2.89 bits per heavy atom. The van der Waals surface area contributed by atoms with E-state index in [0.29, 0.717) is 12.3 Å². The summed E-state index contributed by atoms with van der Waals surface area (Å²) in [5, 5.41) is 26.4. The Labute approximate surface area is 107 Å². The van der Waals surface area contributed by atoms with Crippen LogP contribution in [0, 0.1) is 11.3 Å². The molecule has 1 fully saturated rings. The van der Waals surface area contributed by atoms with E-state index in [1.807, 2.05) is 4.68 Å². The van der Waals surface area contributed by atoms with Crippen molar-refractivity contribution >= 4 is 0 Å². The minimum absolute atomic E-state index is 0.265. The van der Waals surface area contributed by atoms with Gasteiger partial charge in [0.2, 0.25) is 0 Å². The van der Waals surface area contributed by atoms with Crippen molar-refractivity contribution in [2.24, 2.45) is 0 Å². The molecule has 1 heterocycles. The van der Waals surface area contributed by atoms with Crippen LogP contribution in [0.1, 0.15) is 56.3 Å². The van der Waals surface area contributed by atoms with Crippen molar-refractivity contribution in [1.29, 1.82) is 5.26 Å². The first-order valence-corrected chi connectivity index (χ1v) is 6.69. The number of hydrogen-bond donors (Lipinski definition) is 1. The van der Waals surface area contributed by atoms with Crippen LogP contribution in [0.5, 0.6) is 0 Å². The highest BCUT2D eigenvalue weighted by Crippen LogP contribution is 2.37. The predicted octanol–water partition coefficient (Wildman–Crippen LogP) is 1.77. The summed E-state index contributed by atoms with van der Waals surface area (Å²) in [6, 6.07) is 2.16. The summed E-state index contributed by atoms with van der Waals surface area (Å²) < 4.78 is 1.94. The second-order valence-corrected chi connectivity index (χ2v) is 5.10. The van der Waals surface area contributed by atoms with Gasteiger partial charge in [-0.25, -0.2) is 4.68 Å². The van der Waals surface area contributed by atoms with Gasteiger partial charge in [-0.1, -0.05) is 11.6 Å². The van der Waals surface area contributed by atoms with Crippen LogP contribution in [0.4, 0.5) is 0 Å². The van der Waals surface area contributed by atoms with Crippen LogP contribution in [-0.4, -0.2) is 26.2 Å². The third-order valence-electron chi connectivity index (χ3n) is 3.58. The number of nitrogens with zero attached hydrogens (tertiary/aromatic N) is 4. The Morgan fingerprint density at radius 1 is 1.56 bits per heavy atom.